The van der Waals surface area contributed by atoms with Gasteiger partial charge in [-0.15, -0.1) is 0 Å². The molecule has 0 aliphatic rings. The molecule has 0 radical (unpaired) electrons. The van der Waals surface area contributed by atoms with E-state index >= 15 is 0 Å². The predicted molar refractivity (Wildman–Crippen MR) is 106 cm³/mol. The highest BCUT2D eigenvalue weighted by atomic mass is 35.5. The molecule has 3 heterocycles. The zero-order valence-electron chi connectivity index (χ0n) is 15.0. The molecule has 0 bridgehead atoms. The van der Waals surface area contributed by atoms with Gasteiger partial charge in [-0.25, -0.2) is 4.68 Å². The van der Waals surface area contributed by atoms with Crippen LogP contribution in [-0.2, 0) is 0 Å². The average molecular weight is 393 g/mol. The molecule has 3 aromatic heterocycles. The average Bonchev–Trinajstić information content (AvgIpc) is 3.39. The largest absolute Gasteiger partial charge is 0.463 e. The second-order valence-electron chi connectivity index (χ2n) is 6.26. The molecule has 0 fully saturated rings. The minimum atomic E-state index is -0.281. The first-order valence-corrected chi connectivity index (χ1v) is 9.10. The minimum absolute atomic E-state index is 0.200. The SMILES string of the molecule is CC(NC(=O)c1cc(-c2ccco2)n(-c2ccc(Cl)cc2)n1)c1cccnc1. The van der Waals surface area contributed by atoms with E-state index in [1.54, 1.807) is 47.6 Å². The smallest absolute Gasteiger partial charge is 0.272 e. The number of benzene rings is 1. The first-order valence-electron chi connectivity index (χ1n) is 8.72. The summed E-state index contributed by atoms with van der Waals surface area (Å²) < 4.78 is 7.19. The maximum Gasteiger partial charge on any atom is 0.272 e. The maximum atomic E-state index is 12.8. The quantitative estimate of drug-likeness (QED) is 0.535. The number of carbonyl (C=O) groups is 1. The van der Waals surface area contributed by atoms with Gasteiger partial charge in [0, 0.05) is 23.5 Å². The van der Waals surface area contributed by atoms with Gasteiger partial charge in [-0.1, -0.05) is 17.7 Å². The van der Waals surface area contributed by atoms with Crippen molar-refractivity contribution in [2.45, 2.75) is 13.0 Å². The Morgan fingerprint density at radius 1 is 1.18 bits per heavy atom. The number of furan rings is 1. The van der Waals surface area contributed by atoms with Gasteiger partial charge in [0.1, 0.15) is 5.69 Å². The van der Waals surface area contributed by atoms with E-state index in [1.165, 1.54) is 0 Å². The standard InChI is InChI=1S/C21H17ClN4O2/c1-14(15-4-2-10-23-13-15)24-21(27)18-12-19(20-5-3-11-28-20)26(25-18)17-8-6-16(22)7-9-17/h2-14H,1H3,(H,24,27). The van der Waals surface area contributed by atoms with E-state index in [2.05, 4.69) is 15.4 Å². The Bertz CT molecular complexity index is 1070. The zero-order chi connectivity index (χ0) is 19.5. The molecule has 28 heavy (non-hydrogen) atoms. The van der Waals surface area contributed by atoms with Gasteiger partial charge in [-0.3, -0.25) is 9.78 Å². The Kier molecular flexibility index (Phi) is 4.95. The van der Waals surface area contributed by atoms with Gasteiger partial charge in [0.2, 0.25) is 0 Å². The van der Waals surface area contributed by atoms with Gasteiger partial charge in [-0.05, 0) is 55.0 Å². The lowest BCUT2D eigenvalue weighted by atomic mass is 10.1. The Balaban J connectivity index is 1.67. The number of rotatable bonds is 5. The molecule has 0 saturated carbocycles. The molecular formula is C21H17ClN4O2. The number of hydrogen-bond acceptors (Lipinski definition) is 4. The van der Waals surface area contributed by atoms with Crippen molar-refractivity contribution in [2.75, 3.05) is 0 Å². The number of halogens is 1. The summed E-state index contributed by atoms with van der Waals surface area (Å²) in [7, 11) is 0. The third-order valence-corrected chi connectivity index (χ3v) is 4.57. The van der Waals surface area contributed by atoms with Crippen LogP contribution in [0.4, 0.5) is 0 Å². The monoisotopic (exact) mass is 392 g/mol. The first kappa shape index (κ1) is 18.0. The fourth-order valence-electron chi connectivity index (χ4n) is 2.86. The summed E-state index contributed by atoms with van der Waals surface area (Å²) in [5.74, 6) is 0.332. The molecule has 1 N–H and O–H groups in total. The van der Waals surface area contributed by atoms with Crippen LogP contribution >= 0.6 is 11.6 Å². The van der Waals surface area contributed by atoms with Crippen LogP contribution in [0.3, 0.4) is 0 Å². The van der Waals surface area contributed by atoms with E-state index in [0.717, 1.165) is 11.3 Å². The number of nitrogens with one attached hydrogen (secondary N) is 1. The van der Waals surface area contributed by atoms with Crippen molar-refractivity contribution in [2.24, 2.45) is 0 Å². The lowest BCUT2D eigenvalue weighted by Gasteiger charge is -2.12. The summed E-state index contributed by atoms with van der Waals surface area (Å²) in [4.78, 5) is 16.9. The van der Waals surface area contributed by atoms with Crippen LogP contribution < -0.4 is 5.32 Å². The third-order valence-electron chi connectivity index (χ3n) is 4.32. The molecular weight excluding hydrogens is 376 g/mol. The summed E-state index contributed by atoms with van der Waals surface area (Å²) in [6.45, 7) is 1.90. The molecule has 0 aliphatic heterocycles. The van der Waals surface area contributed by atoms with Crippen LogP contribution in [0, 0.1) is 0 Å². The predicted octanol–water partition coefficient (Wildman–Crippen LogP) is 4.67. The second-order valence-corrected chi connectivity index (χ2v) is 6.70. The van der Waals surface area contributed by atoms with Gasteiger partial charge in [0.05, 0.1) is 18.0 Å². The Morgan fingerprint density at radius 3 is 2.68 bits per heavy atom. The van der Waals surface area contributed by atoms with Crippen LogP contribution in [0.1, 0.15) is 29.0 Å². The van der Waals surface area contributed by atoms with Crippen molar-refractivity contribution in [3.63, 3.8) is 0 Å². The molecule has 1 aromatic carbocycles. The molecule has 1 amide bonds. The van der Waals surface area contributed by atoms with Gasteiger partial charge in [0.25, 0.3) is 5.91 Å². The summed E-state index contributed by atoms with van der Waals surface area (Å²) in [5.41, 5.74) is 2.65. The van der Waals surface area contributed by atoms with E-state index in [9.17, 15) is 4.79 Å². The molecule has 1 atom stereocenters. The number of hydrogen-bond donors (Lipinski definition) is 1. The van der Waals surface area contributed by atoms with Gasteiger partial charge in [0.15, 0.2) is 11.5 Å². The first-order chi connectivity index (χ1) is 13.6. The molecule has 4 rings (SSSR count). The number of carbonyl (C=O) groups excluding carboxylic acids is 1. The Labute approximate surface area is 166 Å². The zero-order valence-corrected chi connectivity index (χ0v) is 15.8. The molecule has 1 unspecified atom stereocenters. The summed E-state index contributed by atoms with van der Waals surface area (Å²) in [6.07, 6.45) is 5.01. The van der Waals surface area contributed by atoms with E-state index < -0.39 is 0 Å². The normalized spacial score (nSPS) is 11.9. The molecule has 0 spiro atoms. The van der Waals surface area contributed by atoms with E-state index in [0.29, 0.717) is 16.5 Å². The van der Waals surface area contributed by atoms with Crippen molar-refractivity contribution in [3.8, 4) is 17.1 Å². The highest BCUT2D eigenvalue weighted by molar-refractivity contribution is 6.30. The van der Waals surface area contributed by atoms with Crippen molar-refractivity contribution >= 4 is 17.5 Å². The topological polar surface area (TPSA) is 73.0 Å². The minimum Gasteiger partial charge on any atom is -0.463 e. The molecule has 0 aliphatic carbocycles. The number of aromatic nitrogens is 3. The van der Waals surface area contributed by atoms with Crippen molar-refractivity contribution in [1.82, 2.24) is 20.1 Å². The van der Waals surface area contributed by atoms with Crippen molar-refractivity contribution in [3.05, 3.63) is 89.5 Å². The molecule has 0 saturated heterocycles. The van der Waals surface area contributed by atoms with Crippen LogP contribution in [0.15, 0.2) is 77.7 Å². The maximum absolute atomic E-state index is 12.8. The number of amides is 1. The van der Waals surface area contributed by atoms with Crippen LogP contribution in [0.25, 0.3) is 17.1 Å². The Hall–Kier alpha value is -3.38. The van der Waals surface area contributed by atoms with Gasteiger partial charge in [-0.2, -0.15) is 5.10 Å². The summed E-state index contributed by atoms with van der Waals surface area (Å²) in [6, 6.07) is 16.1. The van der Waals surface area contributed by atoms with Crippen LogP contribution in [-0.4, -0.2) is 20.7 Å². The fraction of sp³-hybridized carbons (Fsp3) is 0.0952. The lowest BCUT2D eigenvalue weighted by molar-refractivity contribution is 0.0934. The molecule has 140 valence electrons. The van der Waals surface area contributed by atoms with Crippen LogP contribution in [0.2, 0.25) is 5.02 Å². The number of pyridine rings is 1. The second kappa shape index (κ2) is 7.70. The number of nitrogens with zero attached hydrogens (tertiary/aromatic N) is 3. The van der Waals surface area contributed by atoms with E-state index in [1.807, 2.05) is 37.3 Å². The highest BCUT2D eigenvalue weighted by Crippen LogP contribution is 2.25. The van der Waals surface area contributed by atoms with Gasteiger partial charge < -0.3 is 9.73 Å². The van der Waals surface area contributed by atoms with Crippen molar-refractivity contribution < 1.29 is 9.21 Å². The fourth-order valence-corrected chi connectivity index (χ4v) is 2.98. The lowest BCUT2D eigenvalue weighted by Crippen LogP contribution is -2.27. The molecule has 4 aromatic rings. The summed E-state index contributed by atoms with van der Waals surface area (Å²) >= 11 is 5.99. The Morgan fingerprint density at radius 2 is 2.00 bits per heavy atom. The van der Waals surface area contributed by atoms with E-state index in [4.69, 9.17) is 16.0 Å². The van der Waals surface area contributed by atoms with Crippen LogP contribution in [0.5, 0.6) is 0 Å². The third kappa shape index (κ3) is 3.68. The highest BCUT2D eigenvalue weighted by Gasteiger charge is 2.20. The molecule has 7 heteroatoms. The van der Waals surface area contributed by atoms with E-state index in [-0.39, 0.29) is 17.6 Å². The van der Waals surface area contributed by atoms with Gasteiger partial charge >= 0.3 is 0 Å². The van der Waals surface area contributed by atoms with Crippen molar-refractivity contribution in [1.29, 1.82) is 0 Å². The summed E-state index contributed by atoms with van der Waals surface area (Å²) in [5, 5.41) is 8.07. The molecule has 6 nitrogen and oxygen atoms in total.